The van der Waals surface area contributed by atoms with Crippen LogP contribution in [0.5, 0.6) is 0 Å². The molecule has 0 unspecified atom stereocenters. The lowest BCUT2D eigenvalue weighted by Gasteiger charge is -2.25. The minimum Gasteiger partial charge on any atom is -0.368 e. The van der Waals surface area contributed by atoms with Crippen LogP contribution in [0.25, 0.3) is 0 Å². The van der Waals surface area contributed by atoms with E-state index in [4.69, 9.17) is 17.3 Å². The van der Waals surface area contributed by atoms with Gasteiger partial charge < -0.3 is 15.5 Å². The molecule has 3 rings (SSSR count). The van der Waals surface area contributed by atoms with Gasteiger partial charge in [0.05, 0.1) is 5.69 Å². The summed E-state index contributed by atoms with van der Waals surface area (Å²) < 4.78 is 0. The highest BCUT2D eigenvalue weighted by atomic mass is 35.5. The molecule has 2 N–H and O–H groups in total. The van der Waals surface area contributed by atoms with Crippen molar-refractivity contribution in [2.75, 3.05) is 36.8 Å². The third kappa shape index (κ3) is 3.52. The second kappa shape index (κ2) is 6.91. The highest BCUT2D eigenvalue weighted by molar-refractivity contribution is 6.33. The molecule has 2 fully saturated rings. The van der Waals surface area contributed by atoms with E-state index >= 15 is 0 Å². The molecule has 2 heterocycles. The number of aromatic nitrogens is 2. The Bertz CT molecular complexity index is 588. The van der Waals surface area contributed by atoms with E-state index in [-0.39, 0.29) is 11.9 Å². The number of anilines is 2. The number of halogens is 1. The number of hydrogen-bond donors (Lipinski definition) is 1. The molecular formula is C16H24ClN5O. The Hall–Kier alpha value is -1.56. The van der Waals surface area contributed by atoms with Crippen molar-refractivity contribution in [1.82, 2.24) is 14.9 Å². The zero-order valence-electron chi connectivity index (χ0n) is 13.6. The zero-order valence-corrected chi connectivity index (χ0v) is 14.3. The van der Waals surface area contributed by atoms with Crippen LogP contribution in [0.1, 0.15) is 37.8 Å². The third-order valence-corrected chi connectivity index (χ3v) is 5.27. The monoisotopic (exact) mass is 337 g/mol. The van der Waals surface area contributed by atoms with Crippen molar-refractivity contribution < 1.29 is 4.79 Å². The lowest BCUT2D eigenvalue weighted by atomic mass is 10.1. The smallest absolute Gasteiger partial charge is 0.225 e. The Morgan fingerprint density at radius 3 is 2.61 bits per heavy atom. The lowest BCUT2D eigenvalue weighted by molar-refractivity contribution is -0.135. The fraction of sp³-hybridized carbons (Fsp3) is 0.688. The van der Waals surface area contributed by atoms with Crippen LogP contribution in [0.2, 0.25) is 5.02 Å². The summed E-state index contributed by atoms with van der Waals surface area (Å²) in [6, 6.07) is 0. The van der Waals surface area contributed by atoms with Crippen LogP contribution in [0.15, 0.2) is 0 Å². The molecule has 2 aliphatic rings. The van der Waals surface area contributed by atoms with Gasteiger partial charge in [0.2, 0.25) is 11.9 Å². The molecule has 1 saturated heterocycles. The van der Waals surface area contributed by atoms with Crippen molar-refractivity contribution >= 4 is 29.3 Å². The summed E-state index contributed by atoms with van der Waals surface area (Å²) in [5.74, 6) is 1.49. The van der Waals surface area contributed by atoms with Crippen LogP contribution in [-0.4, -0.2) is 47.0 Å². The first-order valence-corrected chi connectivity index (χ1v) is 8.77. The molecule has 1 aliphatic carbocycles. The van der Waals surface area contributed by atoms with Crippen molar-refractivity contribution in [2.45, 2.75) is 39.0 Å². The molecule has 1 aromatic rings. The summed E-state index contributed by atoms with van der Waals surface area (Å²) in [5, 5.41) is 0.551. The van der Waals surface area contributed by atoms with E-state index in [1.165, 1.54) is 12.8 Å². The van der Waals surface area contributed by atoms with E-state index in [0.717, 1.165) is 38.9 Å². The molecule has 6 nitrogen and oxygen atoms in total. The molecule has 7 heteroatoms. The Labute approximate surface area is 142 Å². The van der Waals surface area contributed by atoms with Gasteiger partial charge in [-0.25, -0.2) is 4.98 Å². The van der Waals surface area contributed by atoms with E-state index in [2.05, 4.69) is 14.9 Å². The summed E-state index contributed by atoms with van der Waals surface area (Å²) in [4.78, 5) is 25.1. The second-order valence-electron chi connectivity index (χ2n) is 6.45. The van der Waals surface area contributed by atoms with Crippen LogP contribution in [0.3, 0.4) is 0 Å². The standard InChI is InChI=1S/C16H24ClN5O/c1-11-13(17)14(20-16(18)19-11)21-7-4-8-22(10-9-21)15(23)12-5-2-3-6-12/h12H,2-10H2,1H3,(H2,18,19,20). The van der Waals surface area contributed by atoms with Crippen LogP contribution in [-0.2, 0) is 4.79 Å². The van der Waals surface area contributed by atoms with Gasteiger partial charge in [-0.1, -0.05) is 24.4 Å². The number of carbonyl (C=O) groups is 1. The minimum absolute atomic E-state index is 0.238. The molecule has 23 heavy (non-hydrogen) atoms. The number of rotatable bonds is 2. The summed E-state index contributed by atoms with van der Waals surface area (Å²) in [6.45, 7) is 4.91. The average molecular weight is 338 g/mol. The molecule has 0 spiro atoms. The number of nitrogens with two attached hydrogens (primary N) is 1. The van der Waals surface area contributed by atoms with E-state index in [0.29, 0.717) is 29.0 Å². The van der Waals surface area contributed by atoms with Crippen LogP contribution >= 0.6 is 11.6 Å². The zero-order chi connectivity index (χ0) is 16.4. The molecular weight excluding hydrogens is 314 g/mol. The van der Waals surface area contributed by atoms with Crippen molar-refractivity contribution in [2.24, 2.45) is 5.92 Å². The van der Waals surface area contributed by atoms with Gasteiger partial charge in [-0.2, -0.15) is 4.98 Å². The molecule has 1 saturated carbocycles. The Kier molecular flexibility index (Phi) is 4.90. The van der Waals surface area contributed by atoms with Crippen molar-refractivity contribution in [1.29, 1.82) is 0 Å². The summed E-state index contributed by atoms with van der Waals surface area (Å²) in [6.07, 6.45) is 5.38. The van der Waals surface area contributed by atoms with E-state index in [1.807, 2.05) is 11.8 Å². The number of hydrogen-bond acceptors (Lipinski definition) is 5. The molecule has 1 aliphatic heterocycles. The van der Waals surface area contributed by atoms with Gasteiger partial charge in [0.25, 0.3) is 0 Å². The molecule has 126 valence electrons. The maximum Gasteiger partial charge on any atom is 0.225 e. The van der Waals surface area contributed by atoms with Crippen molar-refractivity contribution in [3.8, 4) is 0 Å². The van der Waals surface area contributed by atoms with Crippen LogP contribution in [0, 0.1) is 12.8 Å². The van der Waals surface area contributed by atoms with Crippen molar-refractivity contribution in [3.63, 3.8) is 0 Å². The molecule has 1 amide bonds. The molecule has 1 aromatic heterocycles. The number of amides is 1. The van der Waals surface area contributed by atoms with E-state index in [9.17, 15) is 4.79 Å². The molecule has 0 radical (unpaired) electrons. The fourth-order valence-corrected chi connectivity index (χ4v) is 3.76. The third-order valence-electron chi connectivity index (χ3n) is 4.83. The van der Waals surface area contributed by atoms with Gasteiger partial charge in [0.15, 0.2) is 5.82 Å². The Morgan fingerprint density at radius 1 is 1.13 bits per heavy atom. The Morgan fingerprint density at radius 2 is 1.87 bits per heavy atom. The molecule has 0 atom stereocenters. The first-order chi connectivity index (χ1) is 11.1. The first-order valence-electron chi connectivity index (χ1n) is 8.39. The van der Waals surface area contributed by atoms with E-state index < -0.39 is 0 Å². The summed E-state index contributed by atoms with van der Waals surface area (Å²) in [5.41, 5.74) is 6.45. The van der Waals surface area contributed by atoms with Crippen LogP contribution < -0.4 is 10.6 Å². The highest BCUT2D eigenvalue weighted by Crippen LogP contribution is 2.29. The number of aryl methyl sites for hydroxylation is 1. The maximum atomic E-state index is 12.6. The van der Waals surface area contributed by atoms with Gasteiger partial charge in [-0.05, 0) is 26.2 Å². The lowest BCUT2D eigenvalue weighted by Crippen LogP contribution is -2.38. The quantitative estimate of drug-likeness (QED) is 0.895. The minimum atomic E-state index is 0.238. The van der Waals surface area contributed by atoms with Crippen LogP contribution in [0.4, 0.5) is 11.8 Å². The number of nitrogens with zero attached hydrogens (tertiary/aromatic N) is 4. The number of nitrogen functional groups attached to an aromatic ring is 1. The van der Waals surface area contributed by atoms with Gasteiger partial charge in [-0.15, -0.1) is 0 Å². The summed E-state index contributed by atoms with van der Waals surface area (Å²) in [7, 11) is 0. The average Bonchev–Trinajstić information content (AvgIpc) is 2.95. The van der Waals surface area contributed by atoms with Gasteiger partial charge >= 0.3 is 0 Å². The normalized spacial score (nSPS) is 19.9. The predicted octanol–water partition coefficient (Wildman–Crippen LogP) is 2.25. The van der Waals surface area contributed by atoms with Gasteiger partial charge in [0.1, 0.15) is 5.02 Å². The SMILES string of the molecule is Cc1nc(N)nc(N2CCCN(C(=O)C3CCCC3)CC2)c1Cl. The van der Waals surface area contributed by atoms with Gasteiger partial charge in [0, 0.05) is 32.1 Å². The summed E-state index contributed by atoms with van der Waals surface area (Å²) >= 11 is 6.35. The topological polar surface area (TPSA) is 75.3 Å². The molecule has 0 bridgehead atoms. The van der Waals surface area contributed by atoms with E-state index in [1.54, 1.807) is 0 Å². The predicted molar refractivity (Wildman–Crippen MR) is 91.6 cm³/mol. The largest absolute Gasteiger partial charge is 0.368 e. The maximum absolute atomic E-state index is 12.6. The highest BCUT2D eigenvalue weighted by Gasteiger charge is 2.29. The second-order valence-corrected chi connectivity index (χ2v) is 6.83. The number of carbonyl (C=O) groups excluding carboxylic acids is 1. The van der Waals surface area contributed by atoms with Gasteiger partial charge in [-0.3, -0.25) is 4.79 Å². The van der Waals surface area contributed by atoms with Crippen molar-refractivity contribution in [3.05, 3.63) is 10.7 Å². The Balaban J connectivity index is 1.70. The first kappa shape index (κ1) is 16.3. The fourth-order valence-electron chi connectivity index (χ4n) is 3.56. The molecule has 0 aromatic carbocycles.